The van der Waals surface area contributed by atoms with Gasteiger partial charge in [-0.25, -0.2) is 9.18 Å². The van der Waals surface area contributed by atoms with Crippen LogP contribution in [-0.2, 0) is 6.54 Å². The van der Waals surface area contributed by atoms with Crippen LogP contribution in [0.3, 0.4) is 0 Å². The van der Waals surface area contributed by atoms with Gasteiger partial charge in [-0.3, -0.25) is 0 Å². The monoisotopic (exact) mass is 400 g/mol. The van der Waals surface area contributed by atoms with Crippen molar-refractivity contribution in [1.29, 1.82) is 0 Å². The number of thioether (sulfide) groups is 1. The molecule has 0 aromatic heterocycles. The van der Waals surface area contributed by atoms with Gasteiger partial charge in [-0.05, 0) is 42.7 Å². The molecule has 0 radical (unpaired) electrons. The molecule has 2 heterocycles. The van der Waals surface area contributed by atoms with Crippen LogP contribution in [0.4, 0.5) is 14.9 Å². The standard InChI is InChI=1S/C22H26FN3OS/c1-28-21-10-6-17(7-11-21)24-22(27)25-18-12-19-8-9-20(13-18)26(19)14-15-2-4-16(23)5-3-15/h2-7,10-11,18-20H,8-9,12-14H2,1H3,(H2,24,25,27)/p+1/t18?,19-,20+. The molecule has 2 saturated heterocycles. The van der Waals surface area contributed by atoms with Crippen molar-refractivity contribution in [2.75, 3.05) is 11.6 Å². The number of hydrogen-bond donors (Lipinski definition) is 3. The van der Waals surface area contributed by atoms with Crippen molar-refractivity contribution in [3.05, 3.63) is 59.9 Å². The second kappa shape index (κ2) is 8.53. The van der Waals surface area contributed by atoms with E-state index in [9.17, 15) is 9.18 Å². The van der Waals surface area contributed by atoms with E-state index in [4.69, 9.17) is 0 Å². The van der Waals surface area contributed by atoms with E-state index < -0.39 is 0 Å². The molecule has 2 amide bonds. The fourth-order valence-corrected chi connectivity index (χ4v) is 5.11. The van der Waals surface area contributed by atoms with Crippen molar-refractivity contribution in [3.8, 4) is 0 Å². The fourth-order valence-electron chi connectivity index (χ4n) is 4.70. The number of amides is 2. The average Bonchev–Trinajstić information content (AvgIpc) is 2.92. The minimum Gasteiger partial charge on any atom is -0.335 e. The average molecular weight is 401 g/mol. The second-order valence-corrected chi connectivity index (χ2v) is 8.72. The maximum atomic E-state index is 13.1. The summed E-state index contributed by atoms with van der Waals surface area (Å²) in [6.07, 6.45) is 6.46. The van der Waals surface area contributed by atoms with Gasteiger partial charge >= 0.3 is 6.03 Å². The minimum absolute atomic E-state index is 0.122. The third-order valence-corrected chi connectivity index (χ3v) is 6.80. The normalized spacial score (nSPS) is 26.1. The number of urea groups is 1. The van der Waals surface area contributed by atoms with Crippen molar-refractivity contribution in [2.45, 2.75) is 55.2 Å². The SMILES string of the molecule is CSc1ccc(NC(=O)NC2C[C@H]3CC[C@@H](C2)[NH+]3Cc2ccc(F)cc2)cc1. The number of hydrogen-bond acceptors (Lipinski definition) is 2. The lowest BCUT2D eigenvalue weighted by Crippen LogP contribution is -3.17. The summed E-state index contributed by atoms with van der Waals surface area (Å²) in [5.74, 6) is -0.182. The molecule has 2 unspecified atom stereocenters. The molecule has 2 aromatic rings. The molecule has 2 fully saturated rings. The predicted molar refractivity (Wildman–Crippen MR) is 111 cm³/mol. The topological polar surface area (TPSA) is 45.6 Å². The highest BCUT2D eigenvalue weighted by Gasteiger charge is 2.44. The van der Waals surface area contributed by atoms with E-state index in [2.05, 4.69) is 10.6 Å². The number of rotatable bonds is 5. The smallest absolute Gasteiger partial charge is 0.319 e. The molecule has 2 aliphatic rings. The molecule has 2 bridgehead atoms. The van der Waals surface area contributed by atoms with E-state index in [1.165, 1.54) is 23.3 Å². The van der Waals surface area contributed by atoms with Crippen LogP contribution in [0.15, 0.2) is 53.4 Å². The van der Waals surface area contributed by atoms with E-state index in [0.717, 1.165) is 25.1 Å². The lowest BCUT2D eigenvalue weighted by molar-refractivity contribution is -0.954. The summed E-state index contributed by atoms with van der Waals surface area (Å²) in [7, 11) is 0. The van der Waals surface area contributed by atoms with Crippen LogP contribution in [0.5, 0.6) is 0 Å². The first-order chi connectivity index (χ1) is 13.6. The zero-order valence-electron chi connectivity index (χ0n) is 16.1. The van der Waals surface area contributed by atoms with Gasteiger partial charge in [0, 0.05) is 47.9 Å². The minimum atomic E-state index is -0.182. The Morgan fingerprint density at radius 1 is 1.07 bits per heavy atom. The molecule has 4 nitrogen and oxygen atoms in total. The number of benzene rings is 2. The van der Waals surface area contributed by atoms with Gasteiger partial charge in [-0.2, -0.15) is 0 Å². The number of fused-ring (bicyclic) bond motifs is 2. The molecule has 0 spiro atoms. The maximum absolute atomic E-state index is 13.1. The quantitative estimate of drug-likeness (QED) is 0.673. The van der Waals surface area contributed by atoms with Crippen LogP contribution in [-0.4, -0.2) is 30.4 Å². The summed E-state index contributed by atoms with van der Waals surface area (Å²) in [5, 5.41) is 6.12. The molecule has 6 heteroatoms. The molecule has 0 aliphatic carbocycles. The van der Waals surface area contributed by atoms with Crippen molar-refractivity contribution >= 4 is 23.5 Å². The number of nitrogens with one attached hydrogen (secondary N) is 3. The van der Waals surface area contributed by atoms with Crippen molar-refractivity contribution in [3.63, 3.8) is 0 Å². The zero-order valence-corrected chi connectivity index (χ0v) is 16.9. The molecule has 148 valence electrons. The Kier molecular flexibility index (Phi) is 5.87. The predicted octanol–water partition coefficient (Wildman–Crippen LogP) is 3.45. The van der Waals surface area contributed by atoms with Crippen molar-refractivity contribution in [2.24, 2.45) is 0 Å². The summed E-state index contributed by atoms with van der Waals surface area (Å²) in [6, 6.07) is 16.0. The first-order valence-corrected chi connectivity index (χ1v) is 11.1. The van der Waals surface area contributed by atoms with Crippen LogP contribution in [0.1, 0.15) is 31.2 Å². The Hall–Kier alpha value is -2.05. The van der Waals surface area contributed by atoms with Crippen molar-refractivity contribution in [1.82, 2.24) is 5.32 Å². The summed E-state index contributed by atoms with van der Waals surface area (Å²) in [5.41, 5.74) is 2.00. The van der Waals surface area contributed by atoms with Crippen LogP contribution < -0.4 is 15.5 Å². The molecule has 4 rings (SSSR count). The Bertz CT molecular complexity index is 798. The highest BCUT2D eigenvalue weighted by atomic mass is 32.2. The molecule has 4 atom stereocenters. The lowest BCUT2D eigenvalue weighted by Gasteiger charge is -2.36. The molecule has 28 heavy (non-hydrogen) atoms. The third-order valence-electron chi connectivity index (χ3n) is 6.06. The molecule has 2 aromatic carbocycles. The van der Waals surface area contributed by atoms with Crippen molar-refractivity contribution < 1.29 is 14.1 Å². The van der Waals surface area contributed by atoms with E-state index in [0.29, 0.717) is 12.1 Å². The Labute approximate surface area is 169 Å². The Morgan fingerprint density at radius 3 is 2.32 bits per heavy atom. The highest BCUT2D eigenvalue weighted by Crippen LogP contribution is 2.24. The largest absolute Gasteiger partial charge is 0.335 e. The first kappa shape index (κ1) is 19.3. The Balaban J connectivity index is 1.31. The zero-order chi connectivity index (χ0) is 19.5. The molecular formula is C22H27FN3OS+. The molecule has 0 saturated carbocycles. The number of carbonyl (C=O) groups excluding carboxylic acids is 1. The number of anilines is 1. The number of carbonyl (C=O) groups is 1. The van der Waals surface area contributed by atoms with Crippen LogP contribution in [0, 0.1) is 5.82 Å². The second-order valence-electron chi connectivity index (χ2n) is 7.84. The van der Waals surface area contributed by atoms with Gasteiger partial charge in [0.15, 0.2) is 0 Å². The summed E-state index contributed by atoms with van der Waals surface area (Å²) < 4.78 is 13.1. The highest BCUT2D eigenvalue weighted by molar-refractivity contribution is 7.98. The summed E-state index contributed by atoms with van der Waals surface area (Å²) in [6.45, 7) is 0.941. The molecule has 3 N–H and O–H groups in total. The number of halogens is 1. The number of piperidine rings is 1. The van der Waals surface area contributed by atoms with E-state index in [1.54, 1.807) is 28.8 Å². The Morgan fingerprint density at radius 2 is 1.71 bits per heavy atom. The first-order valence-electron chi connectivity index (χ1n) is 9.92. The van der Waals surface area contributed by atoms with E-state index >= 15 is 0 Å². The van der Waals surface area contributed by atoms with Crippen LogP contribution in [0.25, 0.3) is 0 Å². The van der Waals surface area contributed by atoms with Gasteiger partial charge in [0.2, 0.25) is 0 Å². The van der Waals surface area contributed by atoms with Gasteiger partial charge in [0.05, 0.1) is 12.1 Å². The third kappa shape index (κ3) is 4.50. The van der Waals surface area contributed by atoms with E-state index in [-0.39, 0.29) is 17.9 Å². The van der Waals surface area contributed by atoms with Gasteiger partial charge in [-0.1, -0.05) is 12.1 Å². The summed E-state index contributed by atoms with van der Waals surface area (Å²) in [4.78, 5) is 15.2. The van der Waals surface area contributed by atoms with Crippen LogP contribution in [0.2, 0.25) is 0 Å². The maximum Gasteiger partial charge on any atom is 0.319 e. The van der Waals surface area contributed by atoms with Gasteiger partial charge in [-0.15, -0.1) is 11.8 Å². The molecule has 2 aliphatic heterocycles. The van der Waals surface area contributed by atoms with Crippen LogP contribution >= 0.6 is 11.8 Å². The van der Waals surface area contributed by atoms with Gasteiger partial charge < -0.3 is 15.5 Å². The van der Waals surface area contributed by atoms with Gasteiger partial charge in [0.1, 0.15) is 12.4 Å². The summed E-state index contributed by atoms with van der Waals surface area (Å²) >= 11 is 1.68. The molecular weight excluding hydrogens is 373 g/mol. The lowest BCUT2D eigenvalue weighted by atomic mass is 9.96. The fraction of sp³-hybridized carbons (Fsp3) is 0.409. The number of quaternary nitrogens is 1. The van der Waals surface area contributed by atoms with Gasteiger partial charge in [0.25, 0.3) is 0 Å². The van der Waals surface area contributed by atoms with E-state index in [1.807, 2.05) is 42.7 Å².